The molecule has 2 amide bonds. The van der Waals surface area contributed by atoms with Crippen LogP contribution in [-0.2, 0) is 25.6 Å². The Morgan fingerprint density at radius 1 is 1.15 bits per heavy atom. The fraction of sp³-hybridized carbons (Fsp3) is 0.481. The number of nitrogens with one attached hydrogen (secondary N) is 2. The highest BCUT2D eigenvalue weighted by Crippen LogP contribution is 2.54. The maximum Gasteiger partial charge on any atom is 0.255 e. The number of nitrogens with two attached hydrogens (primary N) is 1. The molecule has 0 aromatic heterocycles. The second kappa shape index (κ2) is 9.91. The lowest BCUT2D eigenvalue weighted by molar-refractivity contribution is -0.153. The van der Waals surface area contributed by atoms with Crippen molar-refractivity contribution in [2.75, 3.05) is 45.5 Å². The van der Waals surface area contributed by atoms with Crippen LogP contribution in [0.25, 0.3) is 5.76 Å². The third kappa shape index (κ3) is 4.03. The van der Waals surface area contributed by atoms with E-state index in [1.807, 2.05) is 0 Å². The van der Waals surface area contributed by atoms with Crippen molar-refractivity contribution in [1.82, 2.24) is 10.2 Å². The smallest absolute Gasteiger partial charge is 0.255 e. The summed E-state index contributed by atoms with van der Waals surface area (Å²) in [6.07, 6.45) is 0.119. The Morgan fingerprint density at radius 3 is 2.30 bits per heavy atom. The number of likely N-dealkylation sites (N-methyl/N-ethyl adjacent to an activating group) is 2. The number of fused-ring (bicyclic) bond motifs is 3. The Kier molecular flexibility index (Phi) is 7.20. The third-order valence-corrected chi connectivity index (χ3v) is 8.26. The molecule has 3 aliphatic carbocycles. The van der Waals surface area contributed by atoms with Gasteiger partial charge >= 0.3 is 0 Å². The van der Waals surface area contributed by atoms with Gasteiger partial charge in [-0.1, -0.05) is 0 Å². The molecule has 4 unspecified atom stereocenters. The zero-order chi connectivity index (χ0) is 30.0. The zero-order valence-electron chi connectivity index (χ0n) is 23.2. The first-order valence-corrected chi connectivity index (χ1v) is 12.8. The van der Waals surface area contributed by atoms with Gasteiger partial charge in [0.05, 0.1) is 23.3 Å². The van der Waals surface area contributed by atoms with Gasteiger partial charge in [0.25, 0.3) is 5.91 Å². The summed E-state index contributed by atoms with van der Waals surface area (Å²) in [5.41, 5.74) is 2.44. The molecule has 4 rings (SSSR count). The number of nitrogens with zero attached hydrogens (tertiary/aromatic N) is 2. The maximum absolute atomic E-state index is 14.0. The summed E-state index contributed by atoms with van der Waals surface area (Å²) in [6.45, 7) is 1.62. The number of aliphatic hydroxyl groups excluding tert-OH is 2. The molecule has 216 valence electrons. The number of Topliss-reactive ketones (excluding diaryl/α,β-unsaturated/α-hetero) is 2. The van der Waals surface area contributed by atoms with Crippen molar-refractivity contribution in [2.24, 2.45) is 17.6 Å². The van der Waals surface area contributed by atoms with Crippen LogP contribution in [-0.4, -0.2) is 102 Å². The van der Waals surface area contributed by atoms with Crippen LogP contribution in [0.5, 0.6) is 5.75 Å². The van der Waals surface area contributed by atoms with Crippen molar-refractivity contribution in [2.45, 2.75) is 37.5 Å². The minimum atomic E-state index is -2.72. The lowest BCUT2D eigenvalue weighted by atomic mass is 9.57. The first-order chi connectivity index (χ1) is 18.6. The van der Waals surface area contributed by atoms with E-state index in [0.717, 1.165) is 0 Å². The Bertz CT molecular complexity index is 1400. The van der Waals surface area contributed by atoms with Crippen molar-refractivity contribution < 1.29 is 39.6 Å². The maximum atomic E-state index is 14.0. The number of phenolic OH excluding ortho intramolecular Hbond substituents is 1. The van der Waals surface area contributed by atoms with Crippen LogP contribution in [0.1, 0.15) is 24.5 Å². The summed E-state index contributed by atoms with van der Waals surface area (Å²) >= 11 is 0. The van der Waals surface area contributed by atoms with Gasteiger partial charge in [-0.05, 0) is 58.5 Å². The average molecular weight is 558 g/mol. The van der Waals surface area contributed by atoms with E-state index in [4.69, 9.17) is 5.73 Å². The topological polar surface area (TPSA) is 206 Å². The number of phenols is 1. The summed E-state index contributed by atoms with van der Waals surface area (Å²) in [5, 5.41) is 50.8. The molecule has 13 nitrogen and oxygen atoms in total. The molecule has 0 heterocycles. The van der Waals surface area contributed by atoms with Gasteiger partial charge in [-0.3, -0.25) is 24.1 Å². The Labute approximate surface area is 230 Å². The summed E-state index contributed by atoms with van der Waals surface area (Å²) in [7, 11) is 8.16. The molecule has 0 saturated heterocycles. The van der Waals surface area contributed by atoms with Crippen LogP contribution in [0, 0.1) is 11.8 Å². The van der Waals surface area contributed by atoms with Gasteiger partial charge in [-0.15, -0.1) is 0 Å². The second-order valence-corrected chi connectivity index (χ2v) is 11.0. The van der Waals surface area contributed by atoms with Crippen molar-refractivity contribution in [1.29, 1.82) is 0 Å². The molecule has 5 atom stereocenters. The first kappa shape index (κ1) is 29.1. The van der Waals surface area contributed by atoms with Crippen LogP contribution in [0.3, 0.4) is 0 Å². The Hall–Kier alpha value is -3.94. The molecule has 0 spiro atoms. The van der Waals surface area contributed by atoms with Crippen LogP contribution in [0.4, 0.5) is 11.4 Å². The van der Waals surface area contributed by atoms with E-state index >= 15 is 0 Å². The predicted molar refractivity (Wildman–Crippen MR) is 146 cm³/mol. The van der Waals surface area contributed by atoms with Crippen LogP contribution in [0.2, 0.25) is 0 Å². The van der Waals surface area contributed by atoms with Gasteiger partial charge in [0.1, 0.15) is 22.8 Å². The number of hydrogen-bond donors (Lipinski definition) is 7. The number of rotatable bonds is 6. The van der Waals surface area contributed by atoms with Crippen LogP contribution in [0.15, 0.2) is 23.0 Å². The van der Waals surface area contributed by atoms with Gasteiger partial charge in [-0.25, -0.2) is 0 Å². The summed E-state index contributed by atoms with van der Waals surface area (Å²) < 4.78 is 0. The van der Waals surface area contributed by atoms with Crippen molar-refractivity contribution >= 4 is 40.5 Å². The van der Waals surface area contributed by atoms with E-state index < -0.39 is 75.7 Å². The molecule has 40 heavy (non-hydrogen) atoms. The molecule has 1 saturated carbocycles. The van der Waals surface area contributed by atoms with Gasteiger partial charge in [0.2, 0.25) is 11.7 Å². The third-order valence-electron chi connectivity index (χ3n) is 8.26. The molecule has 8 N–H and O–H groups in total. The Balaban J connectivity index is 1.96. The number of aliphatic hydroxyl groups is 3. The number of benzene rings is 1. The van der Waals surface area contributed by atoms with Gasteiger partial charge < -0.3 is 41.7 Å². The lowest BCUT2D eigenvalue weighted by Crippen LogP contribution is -2.65. The number of anilines is 2. The fourth-order valence-electron chi connectivity index (χ4n) is 6.16. The predicted octanol–water partition coefficient (Wildman–Crippen LogP) is -0.424. The minimum Gasteiger partial charge on any atom is -0.508 e. The molecule has 0 radical (unpaired) electrons. The minimum absolute atomic E-state index is 0.00492. The molecule has 0 bridgehead atoms. The molecule has 3 aliphatic rings. The van der Waals surface area contributed by atoms with Crippen molar-refractivity contribution in [3.05, 3.63) is 34.1 Å². The SMILES string of the molecule is CNC(C)C(=O)Nc1cc(N(C)C)c2c(c1O)C(O)=C1C(=O)C3(O)C(O)=C(C(N)=O)C(=O)[C@@H](N(C)C)C3CC1C2. The molecule has 1 aromatic carbocycles. The van der Waals surface area contributed by atoms with E-state index in [9.17, 15) is 39.6 Å². The largest absolute Gasteiger partial charge is 0.508 e. The van der Waals surface area contributed by atoms with E-state index in [0.29, 0.717) is 11.3 Å². The average Bonchev–Trinajstić information content (AvgIpc) is 2.86. The quantitative estimate of drug-likeness (QED) is 0.177. The zero-order valence-corrected chi connectivity index (χ0v) is 23.2. The number of ketones is 2. The van der Waals surface area contributed by atoms with Crippen LogP contribution >= 0.6 is 0 Å². The molecule has 1 fully saturated rings. The van der Waals surface area contributed by atoms with Crippen molar-refractivity contribution in [3.8, 4) is 5.75 Å². The highest BCUT2D eigenvalue weighted by molar-refractivity contribution is 6.24. The molecule has 13 heteroatoms. The number of amides is 2. The summed E-state index contributed by atoms with van der Waals surface area (Å²) in [5.74, 6) is -7.79. The fourth-order valence-corrected chi connectivity index (χ4v) is 6.16. The number of carbonyl (C=O) groups excluding carboxylic acids is 4. The lowest BCUT2D eigenvalue weighted by Gasteiger charge is -2.50. The van der Waals surface area contributed by atoms with E-state index in [2.05, 4.69) is 10.6 Å². The molecule has 0 aliphatic heterocycles. The monoisotopic (exact) mass is 557 g/mol. The normalized spacial score (nSPS) is 26.8. The van der Waals surface area contributed by atoms with E-state index in [1.54, 1.807) is 53.1 Å². The number of primary amides is 1. The molecular formula is C27H35N5O8. The number of hydrogen-bond acceptors (Lipinski definition) is 11. The van der Waals surface area contributed by atoms with E-state index in [-0.39, 0.29) is 29.7 Å². The highest BCUT2D eigenvalue weighted by atomic mass is 16.3. The standard InChI is InChI=1S/C27H35N5O8/c1-10(29-2)26(39)30-14-9-15(31(3)4)12-7-11-8-13-19(32(5)6)22(35)18(25(28)38)24(37)27(13,40)23(36)16(11)21(34)17(12)20(14)33/h9-11,13,19,29,33-34,37,40H,7-8H2,1-6H3,(H2,28,38)(H,30,39)/t10?,11?,13?,19-,27?/m0/s1. The van der Waals surface area contributed by atoms with Gasteiger partial charge in [0.15, 0.2) is 11.4 Å². The summed E-state index contributed by atoms with van der Waals surface area (Å²) in [4.78, 5) is 55.1. The highest BCUT2D eigenvalue weighted by Gasteiger charge is 2.64. The van der Waals surface area contributed by atoms with Gasteiger partial charge in [0, 0.05) is 31.3 Å². The first-order valence-electron chi connectivity index (χ1n) is 12.8. The van der Waals surface area contributed by atoms with E-state index in [1.165, 1.54) is 4.90 Å². The van der Waals surface area contributed by atoms with Gasteiger partial charge in [-0.2, -0.15) is 0 Å². The molecular weight excluding hydrogens is 522 g/mol. The second-order valence-electron chi connectivity index (χ2n) is 11.0. The number of carbonyl (C=O) groups is 4. The van der Waals surface area contributed by atoms with Crippen molar-refractivity contribution in [3.63, 3.8) is 0 Å². The Morgan fingerprint density at radius 2 is 1.77 bits per heavy atom. The molecule has 1 aromatic rings. The van der Waals surface area contributed by atoms with Crippen LogP contribution < -0.4 is 21.3 Å². The number of aromatic hydroxyl groups is 1. The summed E-state index contributed by atoms with van der Waals surface area (Å²) in [6, 6.07) is -0.201.